The summed E-state index contributed by atoms with van der Waals surface area (Å²) >= 11 is 0. The largest absolute Gasteiger partial charge is 0.307 e. The molecule has 0 amide bonds. The van der Waals surface area contributed by atoms with Crippen molar-refractivity contribution in [3.63, 3.8) is 0 Å². The predicted octanol–water partition coefficient (Wildman–Crippen LogP) is 2.91. The maximum Gasteiger partial charge on any atom is 0.113 e. The number of halogens is 1. The van der Waals surface area contributed by atoms with Gasteiger partial charge in [-0.2, -0.15) is 0 Å². The summed E-state index contributed by atoms with van der Waals surface area (Å²) in [6.07, 6.45) is 1.88. The molecule has 0 saturated carbocycles. The van der Waals surface area contributed by atoms with Gasteiger partial charge < -0.3 is 4.90 Å². The van der Waals surface area contributed by atoms with Crippen molar-refractivity contribution in [2.45, 2.75) is 25.4 Å². The van der Waals surface area contributed by atoms with Gasteiger partial charge in [-0.25, -0.2) is 4.39 Å². The van der Waals surface area contributed by atoms with Crippen LogP contribution in [0.25, 0.3) is 0 Å². The standard InChI is InChI=1S/C13H20FN/c1-15(2)11-13(14)10-6-9-12-7-4-3-5-8-12/h3-5,7-8,13H,6,9-11H2,1-2H3. The van der Waals surface area contributed by atoms with E-state index in [1.54, 1.807) is 0 Å². The van der Waals surface area contributed by atoms with Crippen molar-refractivity contribution in [3.05, 3.63) is 35.9 Å². The van der Waals surface area contributed by atoms with Gasteiger partial charge in [0, 0.05) is 6.54 Å². The van der Waals surface area contributed by atoms with Gasteiger partial charge in [0.1, 0.15) is 6.17 Å². The van der Waals surface area contributed by atoms with Crippen LogP contribution in [0.15, 0.2) is 30.3 Å². The molecule has 2 heteroatoms. The van der Waals surface area contributed by atoms with Crippen molar-refractivity contribution in [1.82, 2.24) is 4.90 Å². The average Bonchev–Trinajstić information content (AvgIpc) is 2.18. The van der Waals surface area contributed by atoms with Gasteiger partial charge >= 0.3 is 0 Å². The number of hydrogen-bond acceptors (Lipinski definition) is 1. The van der Waals surface area contributed by atoms with Crippen LogP contribution in [0.3, 0.4) is 0 Å². The van der Waals surface area contributed by atoms with Gasteiger partial charge in [0.15, 0.2) is 0 Å². The van der Waals surface area contributed by atoms with Gasteiger partial charge in [-0.3, -0.25) is 0 Å². The van der Waals surface area contributed by atoms with Crippen LogP contribution in [0, 0.1) is 0 Å². The second kappa shape index (κ2) is 6.57. The Hall–Kier alpha value is -0.890. The highest BCUT2D eigenvalue weighted by molar-refractivity contribution is 5.14. The number of aryl methyl sites for hydroxylation is 1. The molecule has 0 radical (unpaired) electrons. The molecule has 0 fully saturated rings. The number of rotatable bonds is 6. The molecule has 0 spiro atoms. The van der Waals surface area contributed by atoms with E-state index < -0.39 is 6.17 Å². The third kappa shape index (κ3) is 5.53. The second-order valence-corrected chi connectivity index (χ2v) is 4.24. The normalized spacial score (nSPS) is 13.1. The summed E-state index contributed by atoms with van der Waals surface area (Å²) in [7, 11) is 3.81. The fourth-order valence-corrected chi connectivity index (χ4v) is 1.66. The highest BCUT2D eigenvalue weighted by atomic mass is 19.1. The lowest BCUT2D eigenvalue weighted by Crippen LogP contribution is -2.22. The van der Waals surface area contributed by atoms with E-state index >= 15 is 0 Å². The van der Waals surface area contributed by atoms with Gasteiger partial charge in [0.25, 0.3) is 0 Å². The molecular formula is C13H20FN. The minimum absolute atomic E-state index is 0.536. The zero-order valence-corrected chi connectivity index (χ0v) is 9.62. The summed E-state index contributed by atoms with van der Waals surface area (Å²) in [5, 5.41) is 0. The lowest BCUT2D eigenvalue weighted by molar-refractivity contribution is 0.232. The second-order valence-electron chi connectivity index (χ2n) is 4.24. The van der Waals surface area contributed by atoms with Gasteiger partial charge in [0.05, 0.1) is 0 Å². The highest BCUT2D eigenvalue weighted by Gasteiger charge is 2.06. The minimum atomic E-state index is -0.691. The van der Waals surface area contributed by atoms with Gasteiger partial charge in [-0.1, -0.05) is 30.3 Å². The van der Waals surface area contributed by atoms with Crippen LogP contribution < -0.4 is 0 Å². The first-order valence-corrected chi connectivity index (χ1v) is 5.51. The van der Waals surface area contributed by atoms with Crippen LogP contribution in [0.1, 0.15) is 18.4 Å². The van der Waals surface area contributed by atoms with E-state index in [2.05, 4.69) is 12.1 Å². The van der Waals surface area contributed by atoms with Crippen molar-refractivity contribution in [2.75, 3.05) is 20.6 Å². The van der Waals surface area contributed by atoms with Crippen LogP contribution in [0.5, 0.6) is 0 Å². The molecule has 84 valence electrons. The Morgan fingerprint density at radius 2 is 1.87 bits per heavy atom. The average molecular weight is 209 g/mol. The SMILES string of the molecule is CN(C)CC(F)CCCc1ccccc1. The Morgan fingerprint density at radius 1 is 1.20 bits per heavy atom. The third-order valence-electron chi connectivity index (χ3n) is 2.39. The van der Waals surface area contributed by atoms with Crippen LogP contribution in [-0.4, -0.2) is 31.7 Å². The van der Waals surface area contributed by atoms with Crippen molar-refractivity contribution in [3.8, 4) is 0 Å². The summed E-state index contributed by atoms with van der Waals surface area (Å²) in [4.78, 5) is 1.90. The molecule has 0 aliphatic rings. The Balaban J connectivity index is 2.16. The molecule has 1 aromatic carbocycles. The molecule has 1 atom stereocenters. The van der Waals surface area contributed by atoms with Crippen LogP contribution >= 0.6 is 0 Å². The van der Waals surface area contributed by atoms with Crippen LogP contribution in [-0.2, 0) is 6.42 Å². The molecular weight excluding hydrogens is 189 g/mol. The highest BCUT2D eigenvalue weighted by Crippen LogP contribution is 2.08. The molecule has 0 saturated heterocycles. The summed E-state index contributed by atoms with van der Waals surface area (Å²) in [5.74, 6) is 0. The number of alkyl halides is 1. The molecule has 0 N–H and O–H groups in total. The van der Waals surface area contributed by atoms with Gasteiger partial charge in [-0.15, -0.1) is 0 Å². The smallest absolute Gasteiger partial charge is 0.113 e. The molecule has 1 nitrogen and oxygen atoms in total. The molecule has 15 heavy (non-hydrogen) atoms. The minimum Gasteiger partial charge on any atom is -0.307 e. The van der Waals surface area contributed by atoms with Crippen molar-refractivity contribution < 1.29 is 4.39 Å². The molecule has 0 aliphatic carbocycles. The quantitative estimate of drug-likeness (QED) is 0.696. The first-order chi connectivity index (χ1) is 7.18. The Labute approximate surface area is 91.9 Å². The van der Waals surface area contributed by atoms with Crippen LogP contribution in [0.4, 0.5) is 4.39 Å². The van der Waals surface area contributed by atoms with E-state index in [1.807, 2.05) is 37.2 Å². The van der Waals surface area contributed by atoms with Gasteiger partial charge in [-0.05, 0) is 38.9 Å². The zero-order chi connectivity index (χ0) is 11.1. The van der Waals surface area contributed by atoms with Crippen molar-refractivity contribution in [1.29, 1.82) is 0 Å². The zero-order valence-electron chi connectivity index (χ0n) is 9.62. The number of benzene rings is 1. The molecule has 0 aromatic heterocycles. The summed E-state index contributed by atoms with van der Waals surface area (Å²) in [5.41, 5.74) is 1.30. The third-order valence-corrected chi connectivity index (χ3v) is 2.39. The number of hydrogen-bond donors (Lipinski definition) is 0. The lowest BCUT2D eigenvalue weighted by atomic mass is 10.1. The van der Waals surface area contributed by atoms with E-state index in [9.17, 15) is 4.39 Å². The monoisotopic (exact) mass is 209 g/mol. The Bertz CT molecular complexity index is 258. The fraction of sp³-hybridized carbons (Fsp3) is 0.538. The van der Waals surface area contributed by atoms with Gasteiger partial charge in [0.2, 0.25) is 0 Å². The maximum atomic E-state index is 13.3. The van der Waals surface area contributed by atoms with E-state index in [4.69, 9.17) is 0 Å². The van der Waals surface area contributed by atoms with E-state index in [1.165, 1.54) is 5.56 Å². The van der Waals surface area contributed by atoms with Crippen molar-refractivity contribution in [2.24, 2.45) is 0 Å². The van der Waals surface area contributed by atoms with E-state index in [0.29, 0.717) is 13.0 Å². The molecule has 1 rings (SSSR count). The number of nitrogens with zero attached hydrogens (tertiary/aromatic N) is 1. The van der Waals surface area contributed by atoms with E-state index in [-0.39, 0.29) is 0 Å². The fourth-order valence-electron chi connectivity index (χ4n) is 1.66. The lowest BCUT2D eigenvalue weighted by Gasteiger charge is -2.13. The predicted molar refractivity (Wildman–Crippen MR) is 62.8 cm³/mol. The topological polar surface area (TPSA) is 3.24 Å². The first kappa shape index (κ1) is 12.2. The molecule has 0 aliphatic heterocycles. The van der Waals surface area contributed by atoms with Crippen LogP contribution in [0.2, 0.25) is 0 Å². The first-order valence-electron chi connectivity index (χ1n) is 5.51. The maximum absolute atomic E-state index is 13.3. The summed E-state index contributed by atoms with van der Waals surface area (Å²) < 4.78 is 13.3. The molecule has 0 heterocycles. The Morgan fingerprint density at radius 3 is 2.47 bits per heavy atom. The van der Waals surface area contributed by atoms with Crippen molar-refractivity contribution >= 4 is 0 Å². The summed E-state index contributed by atoms with van der Waals surface area (Å²) in [6, 6.07) is 10.3. The summed E-state index contributed by atoms with van der Waals surface area (Å²) in [6.45, 7) is 0.536. The molecule has 1 aromatic rings. The van der Waals surface area contributed by atoms with E-state index in [0.717, 1.165) is 12.8 Å². The molecule has 0 bridgehead atoms. The Kier molecular flexibility index (Phi) is 5.33. The molecule has 1 unspecified atom stereocenters.